The molecule has 0 rings (SSSR count). The van der Waals surface area contributed by atoms with E-state index < -0.39 is 0 Å². The predicted octanol–water partition coefficient (Wildman–Crippen LogP) is 1.91. The van der Waals surface area contributed by atoms with E-state index in [-0.39, 0.29) is 5.97 Å². The topological polar surface area (TPSA) is 29.5 Å². The number of hydrogen-bond acceptors (Lipinski definition) is 4. The molecule has 0 unspecified atom stereocenters. The van der Waals surface area contributed by atoms with E-state index in [0.29, 0.717) is 16.7 Å². The van der Waals surface area contributed by atoms with Gasteiger partial charge in [0, 0.05) is 14.1 Å². The summed E-state index contributed by atoms with van der Waals surface area (Å²) in [6, 6.07) is 0. The summed E-state index contributed by atoms with van der Waals surface area (Å²) in [7, 11) is 3.72. The van der Waals surface area contributed by atoms with Gasteiger partial charge in [0.2, 0.25) is 0 Å². The quantitative estimate of drug-likeness (QED) is 0.412. The summed E-state index contributed by atoms with van der Waals surface area (Å²) < 4.78 is 5.68. The fourth-order valence-electron chi connectivity index (χ4n) is 0.622. The van der Waals surface area contributed by atoms with Gasteiger partial charge in [0.15, 0.2) is 0 Å². The first-order chi connectivity index (χ1) is 6.57. The molecule has 3 nitrogen and oxygen atoms in total. The lowest BCUT2D eigenvalue weighted by atomic mass is 10.4. The third-order valence-corrected chi connectivity index (χ3v) is 3.15. The van der Waals surface area contributed by atoms with Gasteiger partial charge in [-0.1, -0.05) is 37.3 Å². The van der Waals surface area contributed by atoms with Crippen molar-refractivity contribution < 1.29 is 9.53 Å². The standard InChI is InChI=1S/C9H17NO2S2/c1-4-5-6-12-8(11)7-14-9(13)10(2)3/h4-7H2,1-3H3. The number of hydrogen-bond donors (Lipinski definition) is 0. The van der Waals surface area contributed by atoms with Crippen molar-refractivity contribution in [3.8, 4) is 0 Å². The fraction of sp³-hybridized carbons (Fsp3) is 0.778. The number of thiocarbonyl (C=S) groups is 1. The zero-order valence-electron chi connectivity index (χ0n) is 8.91. The zero-order chi connectivity index (χ0) is 11.0. The van der Waals surface area contributed by atoms with Crippen LogP contribution in [0.15, 0.2) is 0 Å². The van der Waals surface area contributed by atoms with Gasteiger partial charge < -0.3 is 9.64 Å². The number of unbranched alkanes of at least 4 members (excludes halogenated alkanes) is 1. The number of nitrogens with zero attached hydrogens (tertiary/aromatic N) is 1. The highest BCUT2D eigenvalue weighted by molar-refractivity contribution is 8.23. The van der Waals surface area contributed by atoms with Crippen molar-refractivity contribution in [3.63, 3.8) is 0 Å². The first-order valence-electron chi connectivity index (χ1n) is 4.57. The molecule has 0 saturated heterocycles. The van der Waals surface area contributed by atoms with Crippen molar-refractivity contribution in [1.82, 2.24) is 4.90 Å². The Labute approximate surface area is 95.2 Å². The molecule has 0 heterocycles. The Hall–Kier alpha value is -0.290. The third kappa shape index (κ3) is 7.15. The van der Waals surface area contributed by atoms with E-state index in [0.717, 1.165) is 12.8 Å². The van der Waals surface area contributed by atoms with Crippen LogP contribution < -0.4 is 0 Å². The number of thioether (sulfide) groups is 1. The Morgan fingerprint density at radius 2 is 2.14 bits per heavy atom. The summed E-state index contributed by atoms with van der Waals surface area (Å²) in [5.41, 5.74) is 0. The average Bonchev–Trinajstić information content (AvgIpc) is 2.14. The summed E-state index contributed by atoms with van der Waals surface area (Å²) in [5.74, 6) is 0.119. The summed E-state index contributed by atoms with van der Waals surface area (Å²) in [6.07, 6.45) is 1.96. The van der Waals surface area contributed by atoms with Crippen LogP contribution in [0.25, 0.3) is 0 Å². The van der Waals surface area contributed by atoms with Crippen LogP contribution in [0.2, 0.25) is 0 Å². The Morgan fingerprint density at radius 3 is 2.64 bits per heavy atom. The van der Waals surface area contributed by atoms with Crippen LogP contribution in [0.5, 0.6) is 0 Å². The summed E-state index contributed by atoms with van der Waals surface area (Å²) >= 11 is 6.35. The van der Waals surface area contributed by atoms with Gasteiger partial charge in [-0.25, -0.2) is 0 Å². The molecule has 0 bridgehead atoms. The third-order valence-electron chi connectivity index (χ3n) is 1.44. The maximum absolute atomic E-state index is 11.1. The molecule has 0 aromatic heterocycles. The smallest absolute Gasteiger partial charge is 0.316 e. The number of carbonyl (C=O) groups is 1. The van der Waals surface area contributed by atoms with E-state index in [1.807, 2.05) is 14.1 Å². The maximum Gasteiger partial charge on any atom is 0.316 e. The highest BCUT2D eigenvalue weighted by atomic mass is 32.2. The number of esters is 1. The molecule has 0 radical (unpaired) electrons. The van der Waals surface area contributed by atoms with E-state index in [1.165, 1.54) is 11.8 Å². The minimum absolute atomic E-state index is 0.187. The second kappa shape index (κ2) is 8.05. The van der Waals surface area contributed by atoms with Crippen molar-refractivity contribution in [2.75, 3.05) is 26.5 Å². The highest BCUT2D eigenvalue weighted by Crippen LogP contribution is 2.06. The van der Waals surface area contributed by atoms with Gasteiger partial charge in [0.05, 0.1) is 12.4 Å². The lowest BCUT2D eigenvalue weighted by molar-refractivity contribution is -0.140. The molecular weight excluding hydrogens is 218 g/mol. The second-order valence-corrected chi connectivity index (χ2v) is 4.63. The SMILES string of the molecule is CCCCOC(=O)CSC(=S)N(C)C. The molecular formula is C9H17NO2S2. The van der Waals surface area contributed by atoms with Crippen LogP contribution in [-0.2, 0) is 9.53 Å². The lowest BCUT2D eigenvalue weighted by Crippen LogP contribution is -2.18. The van der Waals surface area contributed by atoms with Crippen LogP contribution in [0.3, 0.4) is 0 Å². The molecule has 0 aromatic rings. The zero-order valence-corrected chi connectivity index (χ0v) is 10.5. The van der Waals surface area contributed by atoms with Gasteiger partial charge in [-0.05, 0) is 6.42 Å². The van der Waals surface area contributed by atoms with E-state index in [9.17, 15) is 4.79 Å². The Morgan fingerprint density at radius 1 is 1.50 bits per heavy atom. The molecule has 0 fully saturated rings. The fourth-order valence-corrected chi connectivity index (χ4v) is 1.38. The molecule has 0 aliphatic rings. The van der Waals surface area contributed by atoms with Crippen molar-refractivity contribution in [2.45, 2.75) is 19.8 Å². The van der Waals surface area contributed by atoms with Crippen molar-refractivity contribution >= 4 is 34.3 Å². The van der Waals surface area contributed by atoms with Crippen LogP contribution in [-0.4, -0.2) is 41.6 Å². The van der Waals surface area contributed by atoms with Crippen LogP contribution >= 0.6 is 24.0 Å². The molecule has 82 valence electrons. The monoisotopic (exact) mass is 235 g/mol. The Bertz CT molecular complexity index is 195. The molecule has 0 saturated carbocycles. The largest absolute Gasteiger partial charge is 0.465 e. The first-order valence-corrected chi connectivity index (χ1v) is 5.97. The van der Waals surface area contributed by atoms with Crippen LogP contribution in [0.1, 0.15) is 19.8 Å². The van der Waals surface area contributed by atoms with E-state index in [2.05, 4.69) is 6.92 Å². The summed E-state index contributed by atoms with van der Waals surface area (Å²) in [6.45, 7) is 2.58. The molecule has 0 spiro atoms. The highest BCUT2D eigenvalue weighted by Gasteiger charge is 2.06. The van der Waals surface area contributed by atoms with Crippen molar-refractivity contribution in [1.29, 1.82) is 0 Å². The summed E-state index contributed by atoms with van der Waals surface area (Å²) in [5, 5.41) is 0. The molecule has 5 heteroatoms. The van der Waals surface area contributed by atoms with Gasteiger partial charge in [0.1, 0.15) is 4.32 Å². The van der Waals surface area contributed by atoms with Gasteiger partial charge in [-0.3, -0.25) is 4.79 Å². The maximum atomic E-state index is 11.1. The Balaban J connectivity index is 3.49. The second-order valence-electron chi connectivity index (χ2n) is 3.02. The van der Waals surface area contributed by atoms with Gasteiger partial charge in [-0.2, -0.15) is 0 Å². The van der Waals surface area contributed by atoms with Crippen molar-refractivity contribution in [3.05, 3.63) is 0 Å². The minimum atomic E-state index is -0.187. The molecule has 0 amide bonds. The summed E-state index contributed by atoms with van der Waals surface area (Å²) in [4.78, 5) is 12.9. The molecule has 0 aliphatic heterocycles. The minimum Gasteiger partial charge on any atom is -0.465 e. The van der Waals surface area contributed by atoms with Crippen LogP contribution in [0, 0.1) is 0 Å². The molecule has 0 aromatic carbocycles. The van der Waals surface area contributed by atoms with Gasteiger partial charge in [-0.15, -0.1) is 0 Å². The Kier molecular flexibility index (Phi) is 7.89. The molecule has 0 aliphatic carbocycles. The van der Waals surface area contributed by atoms with Gasteiger partial charge >= 0.3 is 5.97 Å². The van der Waals surface area contributed by atoms with E-state index in [4.69, 9.17) is 17.0 Å². The normalized spacial score (nSPS) is 9.64. The molecule has 14 heavy (non-hydrogen) atoms. The number of carbonyl (C=O) groups excluding carboxylic acids is 1. The molecule has 0 N–H and O–H groups in total. The van der Waals surface area contributed by atoms with Crippen LogP contribution in [0.4, 0.5) is 0 Å². The predicted molar refractivity (Wildman–Crippen MR) is 64.6 cm³/mol. The van der Waals surface area contributed by atoms with E-state index in [1.54, 1.807) is 4.90 Å². The lowest BCUT2D eigenvalue weighted by Gasteiger charge is -2.11. The number of rotatable bonds is 5. The first kappa shape index (κ1) is 13.7. The van der Waals surface area contributed by atoms with Crippen molar-refractivity contribution in [2.24, 2.45) is 0 Å². The van der Waals surface area contributed by atoms with Gasteiger partial charge in [0.25, 0.3) is 0 Å². The average molecular weight is 235 g/mol. The molecule has 0 atom stereocenters. The van der Waals surface area contributed by atoms with E-state index >= 15 is 0 Å². The number of ether oxygens (including phenoxy) is 1.